The van der Waals surface area contributed by atoms with Crippen LogP contribution >= 0.6 is 0 Å². The number of nitrogens with zero attached hydrogens (tertiary/aromatic N) is 1. The molecule has 1 aromatic heterocycles. The molecule has 3 rings (SSSR count). The lowest BCUT2D eigenvalue weighted by Gasteiger charge is -2.08. The number of imidazole rings is 1. The van der Waals surface area contributed by atoms with Crippen molar-refractivity contribution in [3.05, 3.63) is 42.0 Å². The van der Waals surface area contributed by atoms with Crippen molar-refractivity contribution in [1.29, 1.82) is 0 Å². The molecule has 24 heavy (non-hydrogen) atoms. The largest absolute Gasteiger partial charge is 0.497 e. The minimum absolute atomic E-state index is 0.776. The van der Waals surface area contributed by atoms with Gasteiger partial charge in [0.1, 0.15) is 17.3 Å². The first-order valence-corrected chi connectivity index (χ1v) is 8.46. The topological polar surface area (TPSA) is 47.1 Å². The summed E-state index contributed by atoms with van der Waals surface area (Å²) < 4.78 is 10.8. The Morgan fingerprint density at radius 1 is 1.00 bits per heavy atom. The molecular weight excluding hydrogens is 300 g/mol. The molecule has 3 aromatic rings. The predicted molar refractivity (Wildman–Crippen MR) is 97.9 cm³/mol. The van der Waals surface area contributed by atoms with Crippen LogP contribution < -0.4 is 9.47 Å². The maximum absolute atomic E-state index is 5.47. The molecule has 0 radical (unpaired) electrons. The van der Waals surface area contributed by atoms with Crippen LogP contribution in [0.3, 0.4) is 0 Å². The average molecular weight is 324 g/mol. The van der Waals surface area contributed by atoms with Gasteiger partial charge < -0.3 is 14.5 Å². The van der Waals surface area contributed by atoms with Crippen molar-refractivity contribution in [3.63, 3.8) is 0 Å². The van der Waals surface area contributed by atoms with Gasteiger partial charge in [-0.2, -0.15) is 0 Å². The molecule has 0 aliphatic heterocycles. The number of benzene rings is 2. The van der Waals surface area contributed by atoms with Gasteiger partial charge in [0.2, 0.25) is 0 Å². The standard InChI is InChI=1S/C20H24N2O2/c1-4-5-6-7-14-8-10-17-18(12-14)22-20(21-17)16-13-15(23-2)9-11-19(16)24-3/h8-13H,4-7H2,1-3H3,(H,21,22). The molecule has 0 fully saturated rings. The number of aryl methyl sites for hydroxylation is 1. The summed E-state index contributed by atoms with van der Waals surface area (Å²) in [5.74, 6) is 2.36. The van der Waals surface area contributed by atoms with E-state index < -0.39 is 0 Å². The zero-order valence-corrected chi connectivity index (χ0v) is 14.6. The Morgan fingerprint density at radius 3 is 2.62 bits per heavy atom. The Morgan fingerprint density at radius 2 is 1.88 bits per heavy atom. The average Bonchev–Trinajstić information content (AvgIpc) is 3.04. The number of H-pyrrole nitrogens is 1. The quantitative estimate of drug-likeness (QED) is 0.623. The molecule has 126 valence electrons. The first kappa shape index (κ1) is 16.4. The van der Waals surface area contributed by atoms with Crippen molar-refractivity contribution in [3.8, 4) is 22.9 Å². The number of unbranched alkanes of at least 4 members (excludes halogenated alkanes) is 2. The zero-order valence-electron chi connectivity index (χ0n) is 14.6. The molecule has 0 unspecified atom stereocenters. The molecule has 4 heteroatoms. The third-order valence-corrected chi connectivity index (χ3v) is 4.28. The number of rotatable bonds is 7. The smallest absolute Gasteiger partial charge is 0.142 e. The summed E-state index contributed by atoms with van der Waals surface area (Å²) in [5.41, 5.74) is 4.28. The van der Waals surface area contributed by atoms with Gasteiger partial charge in [0.15, 0.2) is 0 Å². The van der Waals surface area contributed by atoms with Crippen LogP contribution in [-0.2, 0) is 6.42 Å². The van der Waals surface area contributed by atoms with Gasteiger partial charge in [0, 0.05) is 0 Å². The van der Waals surface area contributed by atoms with Crippen LogP contribution in [0.2, 0.25) is 0 Å². The summed E-state index contributed by atoms with van der Waals surface area (Å²) in [7, 11) is 3.33. The number of ether oxygens (including phenoxy) is 2. The van der Waals surface area contributed by atoms with Crippen molar-refractivity contribution in [1.82, 2.24) is 9.97 Å². The van der Waals surface area contributed by atoms with Crippen LogP contribution in [0.25, 0.3) is 22.4 Å². The van der Waals surface area contributed by atoms with E-state index in [1.165, 1.54) is 24.8 Å². The Kier molecular flexibility index (Phi) is 5.04. The minimum Gasteiger partial charge on any atom is -0.497 e. The Labute approximate surface area is 142 Å². The fourth-order valence-corrected chi connectivity index (χ4v) is 2.92. The van der Waals surface area contributed by atoms with E-state index in [4.69, 9.17) is 14.5 Å². The lowest BCUT2D eigenvalue weighted by Crippen LogP contribution is -1.91. The van der Waals surface area contributed by atoms with Gasteiger partial charge in [0.25, 0.3) is 0 Å². The van der Waals surface area contributed by atoms with E-state index in [2.05, 4.69) is 30.1 Å². The zero-order chi connectivity index (χ0) is 16.9. The van der Waals surface area contributed by atoms with Crippen molar-refractivity contribution < 1.29 is 9.47 Å². The predicted octanol–water partition coefficient (Wildman–Crippen LogP) is 4.98. The highest BCUT2D eigenvalue weighted by atomic mass is 16.5. The van der Waals surface area contributed by atoms with E-state index in [9.17, 15) is 0 Å². The molecule has 0 aliphatic rings. The number of hydrogen-bond donors (Lipinski definition) is 1. The molecule has 0 saturated carbocycles. The van der Waals surface area contributed by atoms with Crippen LogP contribution in [0.4, 0.5) is 0 Å². The number of aromatic nitrogens is 2. The van der Waals surface area contributed by atoms with Crippen molar-refractivity contribution in [2.24, 2.45) is 0 Å². The van der Waals surface area contributed by atoms with E-state index in [1.54, 1.807) is 14.2 Å². The normalized spacial score (nSPS) is 11.0. The van der Waals surface area contributed by atoms with Crippen molar-refractivity contribution in [2.45, 2.75) is 32.6 Å². The molecule has 0 spiro atoms. The Hall–Kier alpha value is -2.49. The molecule has 0 saturated heterocycles. The summed E-state index contributed by atoms with van der Waals surface area (Å²) in [5, 5.41) is 0. The maximum atomic E-state index is 5.47. The number of nitrogens with one attached hydrogen (secondary N) is 1. The summed E-state index contributed by atoms with van der Waals surface area (Å²) in [6.07, 6.45) is 4.85. The minimum atomic E-state index is 0.776. The van der Waals surface area contributed by atoms with E-state index >= 15 is 0 Å². The second-order valence-electron chi connectivity index (χ2n) is 5.96. The molecule has 0 atom stereocenters. The number of hydrogen-bond acceptors (Lipinski definition) is 3. The van der Waals surface area contributed by atoms with Gasteiger partial charge >= 0.3 is 0 Å². The number of aromatic amines is 1. The maximum Gasteiger partial charge on any atom is 0.142 e. The second kappa shape index (κ2) is 7.39. The fourth-order valence-electron chi connectivity index (χ4n) is 2.92. The first-order valence-electron chi connectivity index (χ1n) is 8.46. The SMILES string of the molecule is CCCCCc1ccc2nc(-c3cc(OC)ccc3OC)[nH]c2c1. The highest BCUT2D eigenvalue weighted by molar-refractivity contribution is 5.81. The molecule has 0 bridgehead atoms. The van der Waals surface area contributed by atoms with E-state index in [1.807, 2.05) is 18.2 Å². The third-order valence-electron chi connectivity index (χ3n) is 4.28. The molecule has 4 nitrogen and oxygen atoms in total. The van der Waals surface area contributed by atoms with Gasteiger partial charge in [-0.15, -0.1) is 0 Å². The molecule has 0 aliphatic carbocycles. The van der Waals surface area contributed by atoms with Gasteiger partial charge in [0.05, 0.1) is 30.8 Å². The Bertz CT molecular complexity index is 824. The van der Waals surface area contributed by atoms with Crippen molar-refractivity contribution in [2.75, 3.05) is 14.2 Å². The number of fused-ring (bicyclic) bond motifs is 1. The molecule has 1 heterocycles. The van der Waals surface area contributed by atoms with Gasteiger partial charge in [-0.3, -0.25) is 0 Å². The highest BCUT2D eigenvalue weighted by Gasteiger charge is 2.12. The van der Waals surface area contributed by atoms with E-state index in [-0.39, 0.29) is 0 Å². The van der Waals surface area contributed by atoms with E-state index in [0.717, 1.165) is 40.3 Å². The lowest BCUT2D eigenvalue weighted by molar-refractivity contribution is 0.404. The van der Waals surface area contributed by atoms with Crippen LogP contribution in [0.15, 0.2) is 36.4 Å². The van der Waals surface area contributed by atoms with Gasteiger partial charge in [-0.05, 0) is 48.7 Å². The fraction of sp³-hybridized carbons (Fsp3) is 0.350. The molecule has 1 N–H and O–H groups in total. The van der Waals surface area contributed by atoms with Crippen LogP contribution in [0.1, 0.15) is 31.7 Å². The number of methoxy groups -OCH3 is 2. The van der Waals surface area contributed by atoms with Gasteiger partial charge in [-0.1, -0.05) is 25.8 Å². The van der Waals surface area contributed by atoms with Crippen LogP contribution in [-0.4, -0.2) is 24.2 Å². The van der Waals surface area contributed by atoms with Gasteiger partial charge in [-0.25, -0.2) is 4.98 Å². The van der Waals surface area contributed by atoms with Crippen molar-refractivity contribution >= 4 is 11.0 Å². The van der Waals surface area contributed by atoms with Crippen LogP contribution in [0, 0.1) is 0 Å². The summed E-state index contributed by atoms with van der Waals surface area (Å²) in [4.78, 5) is 8.14. The summed E-state index contributed by atoms with van der Waals surface area (Å²) in [6.45, 7) is 2.23. The molecule has 2 aromatic carbocycles. The lowest BCUT2D eigenvalue weighted by atomic mass is 10.1. The summed E-state index contributed by atoms with van der Waals surface area (Å²) >= 11 is 0. The molecular formula is C20H24N2O2. The first-order chi connectivity index (χ1) is 11.7. The van der Waals surface area contributed by atoms with Crippen LogP contribution in [0.5, 0.6) is 11.5 Å². The summed E-state index contributed by atoms with van der Waals surface area (Å²) in [6, 6.07) is 12.2. The second-order valence-corrected chi connectivity index (χ2v) is 5.96. The highest BCUT2D eigenvalue weighted by Crippen LogP contribution is 2.33. The molecule has 0 amide bonds. The monoisotopic (exact) mass is 324 g/mol. The third kappa shape index (κ3) is 3.37. The Balaban J connectivity index is 1.96. The van der Waals surface area contributed by atoms with E-state index in [0.29, 0.717) is 0 Å².